The van der Waals surface area contributed by atoms with Crippen LogP contribution in [-0.4, -0.2) is 15.6 Å². The van der Waals surface area contributed by atoms with E-state index in [-0.39, 0.29) is 5.78 Å². The van der Waals surface area contributed by atoms with Crippen LogP contribution in [0.25, 0.3) is 0 Å². The minimum Gasteiger partial charge on any atom is -0.287 e. The molecule has 0 spiro atoms. The topological polar surface area (TPSA) is 34.9 Å². The normalized spacial score (nSPS) is 10.7. The zero-order chi connectivity index (χ0) is 11.7. The Morgan fingerprint density at radius 1 is 1.56 bits per heavy atom. The van der Waals surface area contributed by atoms with E-state index in [1.165, 1.54) is 17.5 Å². The van der Waals surface area contributed by atoms with Crippen LogP contribution in [0.1, 0.15) is 28.5 Å². The van der Waals surface area contributed by atoms with Crippen molar-refractivity contribution in [3.8, 4) is 0 Å². The van der Waals surface area contributed by atoms with Crippen LogP contribution in [0, 0.1) is 6.92 Å². The number of rotatable bonds is 3. The second-order valence-corrected chi connectivity index (χ2v) is 4.61. The summed E-state index contributed by atoms with van der Waals surface area (Å²) >= 11 is 7.50. The molecule has 0 saturated carbocycles. The van der Waals surface area contributed by atoms with Gasteiger partial charge in [-0.25, -0.2) is 0 Å². The van der Waals surface area contributed by atoms with Gasteiger partial charge in [0.05, 0.1) is 11.2 Å². The summed E-state index contributed by atoms with van der Waals surface area (Å²) in [4.78, 5) is 12.3. The molecule has 2 rings (SSSR count). The molecular formula is C11H11ClN2OS. The third-order valence-corrected chi connectivity index (χ3v) is 3.55. The van der Waals surface area contributed by atoms with E-state index in [0.29, 0.717) is 22.8 Å². The van der Waals surface area contributed by atoms with Crippen molar-refractivity contribution >= 4 is 28.7 Å². The molecule has 2 aromatic heterocycles. The molecule has 2 heterocycles. The molecule has 0 saturated heterocycles. The number of aryl methyl sites for hydroxylation is 2. The van der Waals surface area contributed by atoms with Crippen LogP contribution in [0.5, 0.6) is 0 Å². The molecule has 0 fully saturated rings. The predicted octanol–water partition coefficient (Wildman–Crippen LogP) is 3.16. The fourth-order valence-corrected chi connectivity index (χ4v) is 2.60. The largest absolute Gasteiger partial charge is 0.287 e. The highest BCUT2D eigenvalue weighted by Gasteiger charge is 2.20. The van der Waals surface area contributed by atoms with Crippen LogP contribution in [0.15, 0.2) is 17.0 Å². The van der Waals surface area contributed by atoms with Crippen LogP contribution in [0.3, 0.4) is 0 Å². The zero-order valence-electron chi connectivity index (χ0n) is 9.03. The van der Waals surface area contributed by atoms with Gasteiger partial charge in [0.1, 0.15) is 5.69 Å². The lowest BCUT2D eigenvalue weighted by Gasteiger charge is -2.04. The van der Waals surface area contributed by atoms with E-state index in [4.69, 9.17) is 11.6 Å². The quantitative estimate of drug-likeness (QED) is 0.789. The first kappa shape index (κ1) is 11.4. The van der Waals surface area contributed by atoms with E-state index in [1.807, 2.05) is 24.6 Å². The van der Waals surface area contributed by atoms with Crippen molar-refractivity contribution in [2.75, 3.05) is 0 Å². The number of thiophene rings is 1. The van der Waals surface area contributed by atoms with Crippen LogP contribution in [0.2, 0.25) is 5.02 Å². The summed E-state index contributed by atoms with van der Waals surface area (Å²) < 4.78 is 1.63. The molecule has 84 valence electrons. The van der Waals surface area contributed by atoms with Crippen molar-refractivity contribution in [3.63, 3.8) is 0 Å². The van der Waals surface area contributed by atoms with Crippen molar-refractivity contribution in [1.29, 1.82) is 0 Å². The van der Waals surface area contributed by atoms with Crippen molar-refractivity contribution in [2.45, 2.75) is 20.4 Å². The Bertz CT molecular complexity index is 530. The molecule has 5 heteroatoms. The van der Waals surface area contributed by atoms with Gasteiger partial charge in [-0.05, 0) is 24.8 Å². The van der Waals surface area contributed by atoms with Crippen LogP contribution in [-0.2, 0) is 6.54 Å². The summed E-state index contributed by atoms with van der Waals surface area (Å²) in [7, 11) is 0. The van der Waals surface area contributed by atoms with E-state index in [2.05, 4.69) is 5.10 Å². The Hall–Kier alpha value is -1.13. The first-order valence-electron chi connectivity index (χ1n) is 4.94. The number of hydrogen-bond donors (Lipinski definition) is 0. The number of halogens is 1. The number of ketones is 1. The zero-order valence-corrected chi connectivity index (χ0v) is 10.6. The summed E-state index contributed by atoms with van der Waals surface area (Å²) in [5, 5.41) is 8.28. The van der Waals surface area contributed by atoms with E-state index >= 15 is 0 Å². The second kappa shape index (κ2) is 4.39. The summed E-state index contributed by atoms with van der Waals surface area (Å²) in [5.41, 5.74) is 2.17. The molecular weight excluding hydrogens is 244 g/mol. The van der Waals surface area contributed by atoms with Gasteiger partial charge in [0.25, 0.3) is 0 Å². The summed E-state index contributed by atoms with van der Waals surface area (Å²) in [6.45, 7) is 4.49. The molecule has 0 radical (unpaired) electrons. The molecule has 16 heavy (non-hydrogen) atoms. The highest BCUT2D eigenvalue weighted by atomic mass is 35.5. The second-order valence-electron chi connectivity index (χ2n) is 3.45. The molecule has 0 amide bonds. The fourth-order valence-electron chi connectivity index (χ4n) is 1.55. The Morgan fingerprint density at radius 3 is 2.88 bits per heavy atom. The third kappa shape index (κ3) is 1.79. The van der Waals surface area contributed by atoms with Gasteiger partial charge in [-0.1, -0.05) is 11.6 Å². The summed E-state index contributed by atoms with van der Waals surface area (Å²) in [5.74, 6) is -0.0527. The Kier molecular flexibility index (Phi) is 3.12. The molecule has 0 N–H and O–H groups in total. The Labute approximate surface area is 103 Å². The minimum absolute atomic E-state index is 0.0527. The Morgan fingerprint density at radius 2 is 2.31 bits per heavy atom. The number of aromatic nitrogens is 2. The first-order chi connectivity index (χ1) is 7.65. The van der Waals surface area contributed by atoms with Gasteiger partial charge < -0.3 is 0 Å². The molecule has 0 aromatic carbocycles. The fraction of sp³-hybridized carbons (Fsp3) is 0.273. The number of nitrogens with zero attached hydrogens (tertiary/aromatic N) is 2. The molecule has 0 aliphatic carbocycles. The standard InChI is InChI=1S/C11H11ClN2OS/c1-3-14-10(9(12)4-13-14)11(15)8-6-16-5-7(8)2/h4-6H,3H2,1-2H3. The molecule has 0 aliphatic rings. The third-order valence-electron chi connectivity index (χ3n) is 2.41. The SMILES string of the molecule is CCn1ncc(Cl)c1C(=O)c1cscc1C. The number of carbonyl (C=O) groups excluding carboxylic acids is 1. The molecule has 3 nitrogen and oxygen atoms in total. The van der Waals surface area contributed by atoms with Crippen LogP contribution >= 0.6 is 22.9 Å². The lowest BCUT2D eigenvalue weighted by atomic mass is 10.1. The van der Waals surface area contributed by atoms with Crippen LogP contribution < -0.4 is 0 Å². The van der Waals surface area contributed by atoms with E-state index in [0.717, 1.165) is 5.56 Å². The van der Waals surface area contributed by atoms with Gasteiger partial charge >= 0.3 is 0 Å². The van der Waals surface area contributed by atoms with Crippen molar-refractivity contribution in [3.05, 3.63) is 38.8 Å². The van der Waals surface area contributed by atoms with Gasteiger partial charge in [0.15, 0.2) is 0 Å². The minimum atomic E-state index is -0.0527. The van der Waals surface area contributed by atoms with Gasteiger partial charge in [0, 0.05) is 17.5 Å². The maximum absolute atomic E-state index is 12.3. The van der Waals surface area contributed by atoms with E-state index < -0.39 is 0 Å². The lowest BCUT2D eigenvalue weighted by Crippen LogP contribution is -2.11. The number of hydrogen-bond acceptors (Lipinski definition) is 3. The predicted molar refractivity (Wildman–Crippen MR) is 65.4 cm³/mol. The summed E-state index contributed by atoms with van der Waals surface area (Å²) in [6, 6.07) is 0. The van der Waals surface area contributed by atoms with Crippen molar-refractivity contribution in [1.82, 2.24) is 9.78 Å². The summed E-state index contributed by atoms with van der Waals surface area (Å²) in [6.07, 6.45) is 1.51. The smallest absolute Gasteiger partial charge is 0.213 e. The van der Waals surface area contributed by atoms with Gasteiger partial charge in [0.2, 0.25) is 5.78 Å². The average molecular weight is 255 g/mol. The molecule has 2 aromatic rings. The van der Waals surface area contributed by atoms with E-state index in [9.17, 15) is 4.79 Å². The number of carbonyl (C=O) groups is 1. The highest BCUT2D eigenvalue weighted by Crippen LogP contribution is 2.23. The average Bonchev–Trinajstić information content (AvgIpc) is 2.83. The highest BCUT2D eigenvalue weighted by molar-refractivity contribution is 7.08. The monoisotopic (exact) mass is 254 g/mol. The molecule has 0 unspecified atom stereocenters. The maximum Gasteiger partial charge on any atom is 0.213 e. The molecule has 0 atom stereocenters. The van der Waals surface area contributed by atoms with Crippen molar-refractivity contribution in [2.24, 2.45) is 0 Å². The first-order valence-corrected chi connectivity index (χ1v) is 6.26. The van der Waals surface area contributed by atoms with Gasteiger partial charge in [-0.2, -0.15) is 16.4 Å². The lowest BCUT2D eigenvalue weighted by molar-refractivity contribution is 0.102. The van der Waals surface area contributed by atoms with Crippen LogP contribution in [0.4, 0.5) is 0 Å². The van der Waals surface area contributed by atoms with Gasteiger partial charge in [-0.3, -0.25) is 9.48 Å². The Balaban J connectivity index is 2.49. The molecule has 0 bridgehead atoms. The molecule has 0 aliphatic heterocycles. The maximum atomic E-state index is 12.3. The van der Waals surface area contributed by atoms with Crippen molar-refractivity contribution < 1.29 is 4.79 Å². The van der Waals surface area contributed by atoms with E-state index in [1.54, 1.807) is 4.68 Å². The van der Waals surface area contributed by atoms with Gasteiger partial charge in [-0.15, -0.1) is 0 Å².